The van der Waals surface area contributed by atoms with Crippen LogP contribution < -0.4 is 5.32 Å². The van der Waals surface area contributed by atoms with Gasteiger partial charge in [-0.2, -0.15) is 4.31 Å². The predicted molar refractivity (Wildman–Crippen MR) is 115 cm³/mol. The summed E-state index contributed by atoms with van der Waals surface area (Å²) in [5.41, 5.74) is 0.627. The lowest BCUT2D eigenvalue weighted by molar-refractivity contribution is 0.0950. The number of hydrogen-bond acceptors (Lipinski definition) is 5. The smallest absolute Gasteiger partial charge is 0.251 e. The third kappa shape index (κ3) is 5.48. The molecule has 0 bridgehead atoms. The Morgan fingerprint density at radius 2 is 1.55 bits per heavy atom. The molecule has 0 saturated heterocycles. The summed E-state index contributed by atoms with van der Waals surface area (Å²) in [7, 11) is -3.62. The number of rotatable bonds is 8. The van der Waals surface area contributed by atoms with E-state index in [1.54, 1.807) is 26.0 Å². The number of benzene rings is 2. The van der Waals surface area contributed by atoms with Crippen LogP contribution in [0.4, 0.5) is 4.39 Å². The molecule has 0 saturated carbocycles. The minimum absolute atomic E-state index is 0.0143. The second-order valence-electron chi connectivity index (χ2n) is 7.37. The Bertz CT molecular complexity index is 1160. The number of halogens is 1. The van der Waals surface area contributed by atoms with Crippen LogP contribution in [0, 0.1) is 5.82 Å². The van der Waals surface area contributed by atoms with E-state index < -0.39 is 36.7 Å². The molecule has 0 aliphatic heterocycles. The summed E-state index contributed by atoms with van der Waals surface area (Å²) >= 11 is 0. The topological polar surface area (TPSA) is 104 Å². The lowest BCUT2D eigenvalue weighted by atomic mass is 10.2. The second kappa shape index (κ2) is 9.43. The van der Waals surface area contributed by atoms with Gasteiger partial charge in [-0.15, -0.1) is 0 Å². The van der Waals surface area contributed by atoms with Crippen LogP contribution in [0.3, 0.4) is 0 Å². The van der Waals surface area contributed by atoms with Gasteiger partial charge in [0.2, 0.25) is 20.0 Å². The fourth-order valence-corrected chi connectivity index (χ4v) is 4.90. The van der Waals surface area contributed by atoms with Gasteiger partial charge in [-0.25, -0.2) is 25.5 Å². The van der Waals surface area contributed by atoms with Crippen molar-refractivity contribution in [3.05, 3.63) is 59.4 Å². The summed E-state index contributed by atoms with van der Waals surface area (Å²) < 4.78 is 65.5. The van der Waals surface area contributed by atoms with Gasteiger partial charge in [0.05, 0.1) is 4.90 Å². The number of nitrogens with one attached hydrogen (secondary N) is 1. The highest BCUT2D eigenvalue weighted by Crippen LogP contribution is 2.20. The maximum absolute atomic E-state index is 14.0. The molecular weight excluding hydrogens is 445 g/mol. The summed E-state index contributed by atoms with van der Waals surface area (Å²) in [5, 5.41) is 2.61. The van der Waals surface area contributed by atoms with Crippen molar-refractivity contribution in [2.45, 2.75) is 36.2 Å². The Morgan fingerprint density at radius 1 is 0.968 bits per heavy atom. The van der Waals surface area contributed by atoms with E-state index in [2.05, 4.69) is 5.32 Å². The van der Waals surface area contributed by atoms with E-state index in [0.717, 1.165) is 16.4 Å². The molecule has 1 amide bonds. The highest BCUT2D eigenvalue weighted by molar-refractivity contribution is 7.89. The molecule has 8 nitrogen and oxygen atoms in total. The van der Waals surface area contributed by atoms with Crippen molar-refractivity contribution in [3.8, 4) is 0 Å². The Balaban J connectivity index is 2.15. The monoisotopic (exact) mass is 471 g/mol. The van der Waals surface area contributed by atoms with E-state index >= 15 is 0 Å². The standard InChI is InChI=1S/C20H26FN3O5S2/c1-14(2)24(5)30(26,27)17-9-6-15(7-10-17)13-22-20(25)16-8-11-18(21)19(12-16)31(28,29)23(3)4/h6-12,14H,13H2,1-5H3,(H,22,25). The maximum Gasteiger partial charge on any atom is 0.251 e. The van der Waals surface area contributed by atoms with E-state index in [-0.39, 0.29) is 23.0 Å². The van der Waals surface area contributed by atoms with E-state index in [4.69, 9.17) is 0 Å². The molecule has 2 aromatic carbocycles. The SMILES string of the molecule is CC(C)N(C)S(=O)(=O)c1ccc(CNC(=O)c2ccc(F)c(S(=O)(=O)N(C)C)c2)cc1. The molecule has 0 unspecified atom stereocenters. The molecule has 0 spiro atoms. The van der Waals surface area contributed by atoms with Crippen LogP contribution >= 0.6 is 0 Å². The Labute approximate surface area is 182 Å². The van der Waals surface area contributed by atoms with Gasteiger partial charge in [0.25, 0.3) is 5.91 Å². The molecule has 0 atom stereocenters. The molecule has 0 aromatic heterocycles. The van der Waals surface area contributed by atoms with Gasteiger partial charge in [0.15, 0.2) is 0 Å². The highest BCUT2D eigenvalue weighted by Gasteiger charge is 2.24. The summed E-state index contributed by atoms with van der Waals surface area (Å²) in [5.74, 6) is -1.54. The Hall–Kier alpha value is -2.34. The number of carbonyl (C=O) groups is 1. The van der Waals surface area contributed by atoms with Gasteiger partial charge in [0.1, 0.15) is 10.7 Å². The Morgan fingerprint density at radius 3 is 2.06 bits per heavy atom. The zero-order chi connectivity index (χ0) is 23.6. The van der Waals surface area contributed by atoms with Crippen molar-refractivity contribution in [3.63, 3.8) is 0 Å². The van der Waals surface area contributed by atoms with Crippen molar-refractivity contribution in [1.82, 2.24) is 13.9 Å². The number of carbonyl (C=O) groups excluding carboxylic acids is 1. The quantitative estimate of drug-likeness (QED) is 0.635. The molecule has 2 aromatic rings. The fraction of sp³-hybridized carbons (Fsp3) is 0.350. The van der Waals surface area contributed by atoms with E-state index in [1.807, 2.05) is 0 Å². The van der Waals surface area contributed by atoms with Crippen molar-refractivity contribution >= 4 is 26.0 Å². The van der Waals surface area contributed by atoms with Crippen LogP contribution in [-0.4, -0.2) is 58.5 Å². The van der Waals surface area contributed by atoms with Gasteiger partial charge >= 0.3 is 0 Å². The molecule has 1 N–H and O–H groups in total. The third-order valence-corrected chi connectivity index (χ3v) is 8.61. The van der Waals surface area contributed by atoms with Crippen LogP contribution in [0.2, 0.25) is 0 Å². The predicted octanol–water partition coefficient (Wildman–Crippen LogP) is 2.03. The minimum Gasteiger partial charge on any atom is -0.348 e. The third-order valence-electron chi connectivity index (χ3n) is 4.73. The Kier molecular flexibility index (Phi) is 7.58. The first-order chi connectivity index (χ1) is 14.3. The largest absolute Gasteiger partial charge is 0.348 e. The minimum atomic E-state index is -4.05. The average molecular weight is 472 g/mol. The molecule has 2 rings (SSSR count). The highest BCUT2D eigenvalue weighted by atomic mass is 32.2. The summed E-state index contributed by atoms with van der Waals surface area (Å²) in [4.78, 5) is 12.0. The van der Waals surface area contributed by atoms with Gasteiger partial charge in [-0.05, 0) is 49.7 Å². The summed E-state index contributed by atoms with van der Waals surface area (Å²) in [6.45, 7) is 3.62. The first-order valence-electron chi connectivity index (χ1n) is 9.35. The lowest BCUT2D eigenvalue weighted by Gasteiger charge is -2.21. The zero-order valence-electron chi connectivity index (χ0n) is 18.0. The van der Waals surface area contributed by atoms with Crippen molar-refractivity contribution in [2.75, 3.05) is 21.1 Å². The van der Waals surface area contributed by atoms with Crippen LogP contribution in [0.15, 0.2) is 52.3 Å². The normalized spacial score (nSPS) is 12.5. The first kappa shape index (κ1) is 24.9. The molecule has 0 fully saturated rings. The molecule has 170 valence electrons. The second-order valence-corrected chi connectivity index (χ2v) is 11.5. The number of amides is 1. The van der Waals surface area contributed by atoms with Crippen LogP contribution in [0.5, 0.6) is 0 Å². The molecule has 31 heavy (non-hydrogen) atoms. The van der Waals surface area contributed by atoms with E-state index in [0.29, 0.717) is 5.56 Å². The fourth-order valence-electron chi connectivity index (χ4n) is 2.55. The summed E-state index contributed by atoms with van der Waals surface area (Å²) in [6.07, 6.45) is 0. The molecule has 0 radical (unpaired) electrons. The van der Waals surface area contributed by atoms with Crippen molar-refractivity contribution < 1.29 is 26.0 Å². The van der Waals surface area contributed by atoms with Crippen LogP contribution in [0.25, 0.3) is 0 Å². The van der Waals surface area contributed by atoms with Gasteiger partial charge < -0.3 is 5.32 Å². The van der Waals surface area contributed by atoms with Crippen molar-refractivity contribution in [1.29, 1.82) is 0 Å². The number of hydrogen-bond donors (Lipinski definition) is 1. The van der Waals surface area contributed by atoms with Crippen LogP contribution in [-0.2, 0) is 26.6 Å². The van der Waals surface area contributed by atoms with Crippen molar-refractivity contribution in [2.24, 2.45) is 0 Å². The van der Waals surface area contributed by atoms with E-state index in [1.165, 1.54) is 43.6 Å². The van der Waals surface area contributed by atoms with Gasteiger partial charge in [-0.3, -0.25) is 4.79 Å². The first-order valence-corrected chi connectivity index (χ1v) is 12.2. The van der Waals surface area contributed by atoms with Gasteiger partial charge in [-0.1, -0.05) is 12.1 Å². The van der Waals surface area contributed by atoms with Gasteiger partial charge in [0, 0.05) is 39.3 Å². The number of nitrogens with zero attached hydrogens (tertiary/aromatic N) is 2. The summed E-state index contributed by atoms with van der Waals surface area (Å²) in [6, 6.07) is 8.97. The number of sulfonamides is 2. The molecule has 0 aliphatic rings. The molecule has 11 heteroatoms. The molecular formula is C20H26FN3O5S2. The zero-order valence-corrected chi connectivity index (χ0v) is 19.6. The maximum atomic E-state index is 14.0. The van der Waals surface area contributed by atoms with E-state index in [9.17, 15) is 26.0 Å². The lowest BCUT2D eigenvalue weighted by Crippen LogP contribution is -2.33. The molecule has 0 heterocycles. The van der Waals surface area contributed by atoms with Crippen LogP contribution in [0.1, 0.15) is 29.8 Å². The molecule has 0 aliphatic carbocycles. The average Bonchev–Trinajstić information content (AvgIpc) is 2.71.